The molecule has 2 heterocycles. The Morgan fingerprint density at radius 3 is 2.61 bits per heavy atom. The number of nitrogens with one attached hydrogen (secondary N) is 1. The second kappa shape index (κ2) is 8.63. The predicted molar refractivity (Wildman–Crippen MR) is 121 cm³/mol. The molecule has 1 aromatic heterocycles. The van der Waals surface area contributed by atoms with Crippen LogP contribution < -0.4 is 9.47 Å². The van der Waals surface area contributed by atoms with E-state index >= 15 is 0 Å². The van der Waals surface area contributed by atoms with Gasteiger partial charge in [0.15, 0.2) is 0 Å². The predicted octanol–water partition coefficient (Wildman–Crippen LogP) is 4.15. The lowest BCUT2D eigenvalue weighted by atomic mass is 10.1. The number of likely N-dealkylation sites (tertiary alicyclic amines) is 1. The monoisotopic (exact) mass is 422 g/mol. The lowest BCUT2D eigenvalue weighted by molar-refractivity contribution is 0.0349. The highest BCUT2D eigenvalue weighted by molar-refractivity contribution is 6.01. The second-order valence-electron chi connectivity index (χ2n) is 8.40. The van der Waals surface area contributed by atoms with Crippen molar-refractivity contribution in [3.05, 3.63) is 58.8 Å². The molecule has 1 fully saturated rings. The number of benzene rings is 2. The SMILES string of the molecule is COc1cccc(O[C@H]2CCN(C(=O)c3[nH]c4c(C)cc(C)cc4c3C)CC[C@@H]2O)c1. The lowest BCUT2D eigenvalue weighted by Gasteiger charge is -2.22. The Morgan fingerprint density at radius 2 is 1.84 bits per heavy atom. The quantitative estimate of drug-likeness (QED) is 0.663. The number of aryl methyl sites for hydroxylation is 3. The van der Waals surface area contributed by atoms with Gasteiger partial charge in [-0.25, -0.2) is 0 Å². The number of hydrogen-bond donors (Lipinski definition) is 2. The number of fused-ring (bicyclic) bond motifs is 1. The number of aliphatic hydroxyl groups is 1. The van der Waals surface area contributed by atoms with Crippen molar-refractivity contribution in [2.75, 3.05) is 20.2 Å². The summed E-state index contributed by atoms with van der Waals surface area (Å²) in [4.78, 5) is 18.5. The normalized spacial score (nSPS) is 19.3. The van der Waals surface area contributed by atoms with Crippen LogP contribution in [0.1, 0.15) is 40.0 Å². The molecule has 31 heavy (non-hydrogen) atoms. The van der Waals surface area contributed by atoms with Crippen LogP contribution in [0.3, 0.4) is 0 Å². The molecule has 6 nitrogen and oxygen atoms in total. The summed E-state index contributed by atoms with van der Waals surface area (Å²) < 4.78 is 11.3. The molecule has 0 radical (unpaired) electrons. The van der Waals surface area contributed by atoms with E-state index in [2.05, 4.69) is 31.0 Å². The molecule has 0 unspecified atom stereocenters. The number of methoxy groups -OCH3 is 1. The largest absolute Gasteiger partial charge is 0.497 e. The molecule has 4 rings (SSSR count). The molecule has 3 aromatic rings. The summed E-state index contributed by atoms with van der Waals surface area (Å²) in [7, 11) is 1.61. The second-order valence-corrected chi connectivity index (χ2v) is 8.40. The van der Waals surface area contributed by atoms with E-state index in [1.54, 1.807) is 13.2 Å². The number of ether oxygens (including phenoxy) is 2. The van der Waals surface area contributed by atoms with Gasteiger partial charge < -0.3 is 24.5 Å². The van der Waals surface area contributed by atoms with Gasteiger partial charge >= 0.3 is 0 Å². The van der Waals surface area contributed by atoms with Crippen molar-refractivity contribution < 1.29 is 19.4 Å². The van der Waals surface area contributed by atoms with Crippen molar-refractivity contribution in [2.24, 2.45) is 0 Å². The third-order valence-corrected chi connectivity index (χ3v) is 6.15. The molecule has 0 bridgehead atoms. The van der Waals surface area contributed by atoms with Gasteiger partial charge in [0.05, 0.1) is 13.2 Å². The Bertz CT molecular complexity index is 1100. The molecule has 1 aliphatic rings. The van der Waals surface area contributed by atoms with Crippen molar-refractivity contribution in [3.8, 4) is 11.5 Å². The van der Waals surface area contributed by atoms with E-state index in [9.17, 15) is 9.90 Å². The highest BCUT2D eigenvalue weighted by Gasteiger charge is 2.30. The van der Waals surface area contributed by atoms with Crippen LogP contribution in [-0.4, -0.2) is 53.3 Å². The summed E-state index contributed by atoms with van der Waals surface area (Å²) in [5, 5.41) is 11.7. The van der Waals surface area contributed by atoms with Gasteiger partial charge in [-0.05, 0) is 56.5 Å². The molecular weight excluding hydrogens is 392 g/mol. The standard InChI is InChI=1S/C25H30N2O4/c1-15-12-16(2)23-20(13-15)17(3)24(26-23)25(29)27-10-8-21(28)22(9-11-27)31-19-7-5-6-18(14-19)30-4/h5-7,12-14,21-22,26,28H,8-11H2,1-4H3/t21-,22-/m0/s1. The highest BCUT2D eigenvalue weighted by Crippen LogP contribution is 2.28. The summed E-state index contributed by atoms with van der Waals surface area (Å²) in [6.07, 6.45) is 0.00980. The first-order valence-electron chi connectivity index (χ1n) is 10.7. The zero-order chi connectivity index (χ0) is 22.1. The lowest BCUT2D eigenvalue weighted by Crippen LogP contribution is -2.33. The van der Waals surface area contributed by atoms with Crippen LogP contribution in [0.25, 0.3) is 10.9 Å². The minimum atomic E-state index is -0.641. The number of aromatic nitrogens is 1. The molecule has 2 aromatic carbocycles. The molecule has 0 aliphatic carbocycles. The van der Waals surface area contributed by atoms with E-state index < -0.39 is 6.10 Å². The molecule has 0 spiro atoms. The first kappa shape index (κ1) is 21.2. The van der Waals surface area contributed by atoms with Crippen LogP contribution in [0, 0.1) is 20.8 Å². The van der Waals surface area contributed by atoms with Crippen molar-refractivity contribution in [3.63, 3.8) is 0 Å². The van der Waals surface area contributed by atoms with Crippen molar-refractivity contribution in [1.29, 1.82) is 0 Å². The van der Waals surface area contributed by atoms with Crippen molar-refractivity contribution in [2.45, 2.75) is 45.8 Å². The molecular formula is C25H30N2O4. The van der Waals surface area contributed by atoms with E-state index in [-0.39, 0.29) is 12.0 Å². The number of amides is 1. The number of aliphatic hydroxyl groups excluding tert-OH is 1. The number of carbonyl (C=O) groups excluding carboxylic acids is 1. The average Bonchev–Trinajstić information content (AvgIpc) is 2.97. The third-order valence-electron chi connectivity index (χ3n) is 6.15. The highest BCUT2D eigenvalue weighted by atomic mass is 16.5. The molecule has 0 saturated carbocycles. The summed E-state index contributed by atoms with van der Waals surface area (Å²) in [6.45, 7) is 7.13. The summed E-state index contributed by atoms with van der Waals surface area (Å²) in [5.41, 5.74) is 4.93. The molecule has 1 aliphatic heterocycles. The van der Waals surface area contributed by atoms with E-state index in [1.165, 1.54) is 5.56 Å². The van der Waals surface area contributed by atoms with E-state index in [0.717, 1.165) is 22.0 Å². The summed E-state index contributed by atoms with van der Waals surface area (Å²) in [6, 6.07) is 11.6. The smallest absolute Gasteiger partial charge is 0.270 e. The maximum absolute atomic E-state index is 13.4. The third kappa shape index (κ3) is 4.26. The number of hydrogen-bond acceptors (Lipinski definition) is 4. The van der Waals surface area contributed by atoms with E-state index in [1.807, 2.05) is 30.0 Å². The van der Waals surface area contributed by atoms with Gasteiger partial charge in [0.25, 0.3) is 5.91 Å². The zero-order valence-corrected chi connectivity index (χ0v) is 18.6. The molecule has 1 amide bonds. The fourth-order valence-electron chi connectivity index (χ4n) is 4.41. The van der Waals surface area contributed by atoms with Crippen molar-refractivity contribution in [1.82, 2.24) is 9.88 Å². The maximum Gasteiger partial charge on any atom is 0.270 e. The summed E-state index contributed by atoms with van der Waals surface area (Å²) >= 11 is 0. The van der Waals surface area contributed by atoms with Crippen LogP contribution in [0.2, 0.25) is 0 Å². The minimum Gasteiger partial charge on any atom is -0.497 e. The fourth-order valence-corrected chi connectivity index (χ4v) is 4.41. The fraction of sp³-hybridized carbons (Fsp3) is 0.400. The number of H-pyrrole nitrogens is 1. The van der Waals surface area contributed by atoms with Gasteiger partial charge in [-0.15, -0.1) is 0 Å². The van der Waals surface area contributed by atoms with E-state index in [4.69, 9.17) is 9.47 Å². The Morgan fingerprint density at radius 1 is 1.10 bits per heavy atom. The number of carbonyl (C=O) groups is 1. The Labute approximate surface area is 182 Å². The van der Waals surface area contributed by atoms with Crippen LogP contribution >= 0.6 is 0 Å². The number of nitrogens with zero attached hydrogens (tertiary/aromatic N) is 1. The summed E-state index contributed by atoms with van der Waals surface area (Å²) in [5.74, 6) is 1.33. The minimum absolute atomic E-state index is 0.0278. The van der Waals surface area contributed by atoms with Gasteiger partial charge in [0, 0.05) is 36.5 Å². The van der Waals surface area contributed by atoms with Gasteiger partial charge in [-0.1, -0.05) is 17.7 Å². The van der Waals surface area contributed by atoms with Crippen LogP contribution in [-0.2, 0) is 0 Å². The molecule has 2 N–H and O–H groups in total. The molecule has 164 valence electrons. The Hall–Kier alpha value is -2.99. The molecule has 1 saturated heterocycles. The van der Waals surface area contributed by atoms with Gasteiger partial charge in [-0.3, -0.25) is 4.79 Å². The number of rotatable bonds is 4. The number of aromatic amines is 1. The van der Waals surface area contributed by atoms with Crippen LogP contribution in [0.15, 0.2) is 36.4 Å². The maximum atomic E-state index is 13.4. The van der Waals surface area contributed by atoms with Gasteiger partial charge in [0.1, 0.15) is 23.3 Å². The zero-order valence-electron chi connectivity index (χ0n) is 18.6. The topological polar surface area (TPSA) is 74.8 Å². The first-order valence-corrected chi connectivity index (χ1v) is 10.7. The molecule has 2 atom stereocenters. The molecule has 6 heteroatoms. The first-order chi connectivity index (χ1) is 14.9. The Balaban J connectivity index is 1.51. The average molecular weight is 423 g/mol. The van der Waals surface area contributed by atoms with Crippen LogP contribution in [0.4, 0.5) is 0 Å². The van der Waals surface area contributed by atoms with Crippen LogP contribution in [0.5, 0.6) is 11.5 Å². The Kier molecular flexibility index (Phi) is 5.92. The van der Waals surface area contributed by atoms with Gasteiger partial charge in [0.2, 0.25) is 0 Å². The van der Waals surface area contributed by atoms with Gasteiger partial charge in [-0.2, -0.15) is 0 Å². The van der Waals surface area contributed by atoms with E-state index in [0.29, 0.717) is 43.1 Å². The van der Waals surface area contributed by atoms with Crippen molar-refractivity contribution >= 4 is 16.8 Å².